The van der Waals surface area contributed by atoms with Gasteiger partial charge in [-0.2, -0.15) is 0 Å². The van der Waals surface area contributed by atoms with Crippen LogP contribution in [-0.2, 0) is 6.42 Å². The Morgan fingerprint density at radius 3 is 2.25 bits per heavy atom. The van der Waals surface area contributed by atoms with Crippen LogP contribution in [0, 0.1) is 0 Å². The van der Waals surface area contributed by atoms with Crippen molar-refractivity contribution < 1.29 is 5.11 Å². The van der Waals surface area contributed by atoms with Gasteiger partial charge >= 0.3 is 0 Å². The third-order valence-electron chi connectivity index (χ3n) is 5.12. The van der Waals surface area contributed by atoms with Gasteiger partial charge in [0.25, 0.3) is 0 Å². The number of hydrogen-bond donors (Lipinski definition) is 2. The summed E-state index contributed by atoms with van der Waals surface area (Å²) in [6.45, 7) is 0.626. The largest absolute Gasteiger partial charge is 0.388 e. The van der Waals surface area contributed by atoms with E-state index in [-0.39, 0.29) is 0 Å². The number of aliphatic imine (C=N–C) groups is 1. The van der Waals surface area contributed by atoms with E-state index in [0.29, 0.717) is 18.8 Å². The lowest BCUT2D eigenvalue weighted by Crippen LogP contribution is -2.17. The van der Waals surface area contributed by atoms with Crippen LogP contribution in [-0.4, -0.2) is 17.5 Å². The summed E-state index contributed by atoms with van der Waals surface area (Å²) in [6, 6.07) is 28.8. The first-order chi connectivity index (χ1) is 13.7. The van der Waals surface area contributed by atoms with Crippen LogP contribution in [0.5, 0.6) is 0 Å². The molecule has 0 amide bonds. The maximum absolute atomic E-state index is 10.9. The normalized spacial score (nSPS) is 13.1. The van der Waals surface area contributed by atoms with Gasteiger partial charge in [0.2, 0.25) is 0 Å². The Kier molecular flexibility index (Phi) is 5.36. The number of benzene rings is 4. The highest BCUT2D eigenvalue weighted by atomic mass is 16.3. The standard InChI is InChI=1S/C25H24N2O/c26-25(27-15-14-18-8-2-1-3-9-18)17-24(28)23-16-19-10-4-5-11-20(19)21-12-6-7-13-22(21)23/h1-13,16,24,28H,14-15,17H2,(H2,26,27). The molecule has 0 radical (unpaired) electrons. The molecule has 0 aromatic heterocycles. The van der Waals surface area contributed by atoms with Crippen LogP contribution in [0.25, 0.3) is 21.5 Å². The van der Waals surface area contributed by atoms with Crippen molar-refractivity contribution in [2.24, 2.45) is 10.7 Å². The zero-order valence-electron chi connectivity index (χ0n) is 15.8. The molecule has 3 N–H and O–H groups in total. The molecule has 1 atom stereocenters. The SMILES string of the molecule is NC(CC(O)c1cc2ccccc2c2ccccc12)=NCCc1ccccc1. The summed E-state index contributed by atoms with van der Waals surface area (Å²) in [4.78, 5) is 4.46. The van der Waals surface area contributed by atoms with Gasteiger partial charge in [0.15, 0.2) is 0 Å². The molecule has 4 aromatic carbocycles. The Balaban J connectivity index is 1.56. The first kappa shape index (κ1) is 18.2. The molecule has 0 saturated carbocycles. The number of aliphatic hydroxyl groups excluding tert-OH is 1. The van der Waals surface area contributed by atoms with Gasteiger partial charge < -0.3 is 10.8 Å². The predicted octanol–water partition coefficient (Wildman–Crippen LogP) is 5.02. The lowest BCUT2D eigenvalue weighted by atomic mass is 9.93. The van der Waals surface area contributed by atoms with E-state index in [1.807, 2.05) is 42.5 Å². The molecule has 0 heterocycles. The molecule has 0 aliphatic rings. The first-order valence-electron chi connectivity index (χ1n) is 9.63. The second-order valence-corrected chi connectivity index (χ2v) is 7.06. The lowest BCUT2D eigenvalue weighted by molar-refractivity contribution is 0.187. The number of nitrogens with two attached hydrogens (primary N) is 1. The van der Waals surface area contributed by atoms with Crippen LogP contribution in [0.15, 0.2) is 89.9 Å². The molecule has 0 saturated heterocycles. The molecular formula is C25H24N2O. The fraction of sp³-hybridized carbons (Fsp3) is 0.160. The topological polar surface area (TPSA) is 58.6 Å². The van der Waals surface area contributed by atoms with Crippen LogP contribution in [0.3, 0.4) is 0 Å². The summed E-state index contributed by atoms with van der Waals surface area (Å²) in [7, 11) is 0. The minimum atomic E-state index is -0.685. The van der Waals surface area contributed by atoms with Gasteiger partial charge in [0.05, 0.1) is 11.9 Å². The highest BCUT2D eigenvalue weighted by Crippen LogP contribution is 2.32. The molecule has 4 rings (SSSR count). The minimum absolute atomic E-state index is 0.330. The molecule has 0 bridgehead atoms. The van der Waals surface area contributed by atoms with E-state index in [2.05, 4.69) is 47.5 Å². The number of aliphatic hydroxyl groups is 1. The summed E-state index contributed by atoms with van der Waals surface area (Å²) in [5, 5.41) is 15.4. The Hall–Kier alpha value is -3.17. The first-order valence-corrected chi connectivity index (χ1v) is 9.63. The van der Waals surface area contributed by atoms with Crippen LogP contribution in [0.2, 0.25) is 0 Å². The van der Waals surface area contributed by atoms with Gasteiger partial charge in [-0.15, -0.1) is 0 Å². The van der Waals surface area contributed by atoms with E-state index in [4.69, 9.17) is 5.73 Å². The van der Waals surface area contributed by atoms with Crippen LogP contribution >= 0.6 is 0 Å². The summed E-state index contributed by atoms with van der Waals surface area (Å²) >= 11 is 0. The average molecular weight is 368 g/mol. The third kappa shape index (κ3) is 3.90. The summed E-state index contributed by atoms with van der Waals surface area (Å²) in [5.74, 6) is 0.487. The molecule has 0 spiro atoms. The number of nitrogens with zero attached hydrogens (tertiary/aromatic N) is 1. The third-order valence-corrected chi connectivity index (χ3v) is 5.12. The van der Waals surface area contributed by atoms with E-state index >= 15 is 0 Å². The van der Waals surface area contributed by atoms with Crippen molar-refractivity contribution >= 4 is 27.4 Å². The molecule has 3 nitrogen and oxygen atoms in total. The van der Waals surface area contributed by atoms with Crippen LogP contribution < -0.4 is 5.73 Å². The maximum Gasteiger partial charge on any atom is 0.0966 e. The predicted molar refractivity (Wildman–Crippen MR) is 118 cm³/mol. The van der Waals surface area contributed by atoms with E-state index in [1.165, 1.54) is 10.9 Å². The summed E-state index contributed by atoms with van der Waals surface area (Å²) in [6.07, 6.45) is 0.489. The molecule has 140 valence electrons. The summed E-state index contributed by atoms with van der Waals surface area (Å²) in [5.41, 5.74) is 8.26. The van der Waals surface area contributed by atoms with Crippen molar-refractivity contribution in [3.8, 4) is 0 Å². The molecule has 0 fully saturated rings. The van der Waals surface area contributed by atoms with E-state index in [9.17, 15) is 5.11 Å². The van der Waals surface area contributed by atoms with Crippen molar-refractivity contribution in [2.75, 3.05) is 6.54 Å². The summed E-state index contributed by atoms with van der Waals surface area (Å²) < 4.78 is 0. The Labute approximate surface area is 165 Å². The molecule has 3 heteroatoms. The van der Waals surface area contributed by atoms with Gasteiger partial charge in [0.1, 0.15) is 0 Å². The number of amidine groups is 1. The lowest BCUT2D eigenvalue weighted by Gasteiger charge is -2.16. The van der Waals surface area contributed by atoms with E-state index in [1.54, 1.807) is 0 Å². The van der Waals surface area contributed by atoms with E-state index in [0.717, 1.165) is 28.1 Å². The monoisotopic (exact) mass is 368 g/mol. The molecule has 0 aliphatic heterocycles. The van der Waals surface area contributed by atoms with Crippen molar-refractivity contribution in [3.05, 3.63) is 96.1 Å². The zero-order valence-corrected chi connectivity index (χ0v) is 15.8. The zero-order chi connectivity index (χ0) is 19.3. The maximum atomic E-state index is 10.9. The average Bonchev–Trinajstić information content (AvgIpc) is 2.74. The van der Waals surface area contributed by atoms with Gasteiger partial charge in [-0.25, -0.2) is 0 Å². The van der Waals surface area contributed by atoms with Gasteiger partial charge in [-0.05, 0) is 45.2 Å². The molecular weight excluding hydrogens is 344 g/mol. The van der Waals surface area contributed by atoms with Crippen LogP contribution in [0.1, 0.15) is 23.7 Å². The quantitative estimate of drug-likeness (QED) is 0.285. The number of fused-ring (bicyclic) bond motifs is 3. The van der Waals surface area contributed by atoms with Crippen LogP contribution in [0.4, 0.5) is 0 Å². The highest BCUT2D eigenvalue weighted by Gasteiger charge is 2.15. The van der Waals surface area contributed by atoms with E-state index < -0.39 is 6.10 Å². The minimum Gasteiger partial charge on any atom is -0.388 e. The Morgan fingerprint density at radius 2 is 1.46 bits per heavy atom. The fourth-order valence-corrected chi connectivity index (χ4v) is 3.70. The molecule has 0 aliphatic carbocycles. The second-order valence-electron chi connectivity index (χ2n) is 7.06. The van der Waals surface area contributed by atoms with Crippen molar-refractivity contribution in [3.63, 3.8) is 0 Å². The second kappa shape index (κ2) is 8.24. The molecule has 28 heavy (non-hydrogen) atoms. The van der Waals surface area contributed by atoms with Crippen molar-refractivity contribution in [2.45, 2.75) is 18.9 Å². The highest BCUT2D eigenvalue weighted by molar-refractivity contribution is 6.09. The smallest absolute Gasteiger partial charge is 0.0966 e. The fourth-order valence-electron chi connectivity index (χ4n) is 3.70. The number of rotatable bonds is 6. The molecule has 1 unspecified atom stereocenters. The van der Waals surface area contributed by atoms with Gasteiger partial charge in [0, 0.05) is 13.0 Å². The Morgan fingerprint density at radius 1 is 0.821 bits per heavy atom. The molecule has 4 aromatic rings. The Bertz CT molecular complexity index is 1120. The van der Waals surface area contributed by atoms with Gasteiger partial charge in [-0.1, -0.05) is 78.9 Å². The van der Waals surface area contributed by atoms with Gasteiger partial charge in [-0.3, -0.25) is 4.99 Å². The van der Waals surface area contributed by atoms with Crippen molar-refractivity contribution in [1.29, 1.82) is 0 Å². The number of hydrogen-bond acceptors (Lipinski definition) is 2. The van der Waals surface area contributed by atoms with Crippen molar-refractivity contribution in [1.82, 2.24) is 0 Å².